The molecule has 1 unspecified atom stereocenters. The average molecular weight is 292 g/mol. The molecule has 0 N–H and O–H groups in total. The summed E-state index contributed by atoms with van der Waals surface area (Å²) in [7, 11) is 1.64. The lowest BCUT2D eigenvalue weighted by molar-refractivity contribution is -0.135. The van der Waals surface area contributed by atoms with Crippen LogP contribution in [0, 0.1) is 0 Å². The Hall–Kier alpha value is -1.89. The minimum Gasteiger partial charge on any atom is -0.383 e. The number of fused-ring (bicyclic) bond motifs is 1. The number of hydrogen-bond acceptors (Lipinski definition) is 4. The van der Waals surface area contributed by atoms with E-state index in [-0.39, 0.29) is 17.9 Å². The number of methoxy groups -OCH3 is 1. The van der Waals surface area contributed by atoms with Gasteiger partial charge in [-0.3, -0.25) is 14.3 Å². The minimum absolute atomic E-state index is 0.0182. The van der Waals surface area contributed by atoms with Crippen LogP contribution in [0.2, 0.25) is 0 Å². The zero-order valence-corrected chi connectivity index (χ0v) is 12.2. The molecule has 1 atom stereocenters. The van der Waals surface area contributed by atoms with Crippen LogP contribution in [0.3, 0.4) is 0 Å². The maximum absolute atomic E-state index is 12.7. The van der Waals surface area contributed by atoms with Crippen molar-refractivity contribution in [2.24, 2.45) is 0 Å². The molecule has 2 aliphatic rings. The monoisotopic (exact) mass is 292 g/mol. The number of ether oxygens (including phenoxy) is 1. The summed E-state index contributed by atoms with van der Waals surface area (Å²) < 4.78 is 6.77. The van der Waals surface area contributed by atoms with E-state index in [4.69, 9.17) is 4.74 Å². The van der Waals surface area contributed by atoms with Crippen LogP contribution in [0.4, 0.5) is 5.69 Å². The minimum atomic E-state index is -0.290. The Labute approximate surface area is 123 Å². The highest BCUT2D eigenvalue weighted by Crippen LogP contribution is 2.26. The Morgan fingerprint density at radius 2 is 2.24 bits per heavy atom. The summed E-state index contributed by atoms with van der Waals surface area (Å²) in [5, 5.41) is 4.24. The summed E-state index contributed by atoms with van der Waals surface area (Å²) in [5.74, 6) is 0.102. The Morgan fingerprint density at radius 3 is 3.05 bits per heavy atom. The van der Waals surface area contributed by atoms with Gasteiger partial charge in [0.2, 0.25) is 11.8 Å². The molecule has 1 aromatic rings. The van der Waals surface area contributed by atoms with E-state index in [0.29, 0.717) is 32.7 Å². The second-order valence-electron chi connectivity index (χ2n) is 5.44. The normalized spacial score (nSPS) is 22.6. The predicted molar refractivity (Wildman–Crippen MR) is 75.8 cm³/mol. The number of carbonyl (C=O) groups is 2. The first-order valence-electron chi connectivity index (χ1n) is 7.33. The summed E-state index contributed by atoms with van der Waals surface area (Å²) in [6, 6.07) is -0.290. The van der Waals surface area contributed by atoms with Crippen LogP contribution in [0.5, 0.6) is 0 Å². The predicted octanol–water partition coefficient (Wildman–Crippen LogP) is 0.257. The lowest BCUT2D eigenvalue weighted by Gasteiger charge is -2.24. The van der Waals surface area contributed by atoms with Crippen molar-refractivity contribution in [1.82, 2.24) is 14.7 Å². The summed E-state index contributed by atoms with van der Waals surface area (Å²) in [4.78, 5) is 28.2. The molecule has 2 aliphatic heterocycles. The molecule has 1 aromatic heterocycles. The van der Waals surface area contributed by atoms with Crippen molar-refractivity contribution in [3.8, 4) is 0 Å². The summed E-state index contributed by atoms with van der Waals surface area (Å²) >= 11 is 0. The number of aromatic nitrogens is 2. The van der Waals surface area contributed by atoms with Crippen LogP contribution in [-0.2, 0) is 20.9 Å². The molecule has 0 saturated carbocycles. The first-order valence-corrected chi connectivity index (χ1v) is 7.33. The van der Waals surface area contributed by atoms with E-state index in [1.54, 1.807) is 27.8 Å². The highest BCUT2D eigenvalue weighted by molar-refractivity contribution is 6.01. The second kappa shape index (κ2) is 5.85. The lowest BCUT2D eigenvalue weighted by atomic mass is 10.2. The number of hydrogen-bond donors (Lipinski definition) is 0. The molecule has 0 radical (unpaired) electrons. The Bertz CT molecular complexity index is 542. The average Bonchev–Trinajstić information content (AvgIpc) is 3.12. The van der Waals surface area contributed by atoms with Crippen molar-refractivity contribution in [2.45, 2.75) is 31.8 Å². The zero-order valence-electron chi connectivity index (χ0n) is 12.2. The molecule has 3 rings (SSSR count). The summed E-state index contributed by atoms with van der Waals surface area (Å²) in [5.41, 5.74) is 0.762. The molecular formula is C14H20N4O3. The van der Waals surface area contributed by atoms with Gasteiger partial charge in [0.15, 0.2) is 0 Å². The van der Waals surface area contributed by atoms with Gasteiger partial charge in [-0.05, 0) is 12.8 Å². The number of anilines is 1. The van der Waals surface area contributed by atoms with Crippen molar-refractivity contribution in [2.75, 3.05) is 31.7 Å². The van der Waals surface area contributed by atoms with E-state index in [1.807, 2.05) is 6.20 Å². The van der Waals surface area contributed by atoms with E-state index < -0.39 is 0 Å². The van der Waals surface area contributed by atoms with Gasteiger partial charge in [0.25, 0.3) is 0 Å². The Kier molecular flexibility index (Phi) is 3.92. The van der Waals surface area contributed by atoms with Gasteiger partial charge in [-0.15, -0.1) is 0 Å². The smallest absolute Gasteiger partial charge is 0.249 e. The van der Waals surface area contributed by atoms with Gasteiger partial charge < -0.3 is 14.5 Å². The highest BCUT2D eigenvalue weighted by atomic mass is 16.5. The largest absolute Gasteiger partial charge is 0.383 e. The van der Waals surface area contributed by atoms with E-state index >= 15 is 0 Å². The van der Waals surface area contributed by atoms with Crippen LogP contribution in [-0.4, -0.2) is 59.3 Å². The molecule has 0 bridgehead atoms. The van der Waals surface area contributed by atoms with Gasteiger partial charge in [-0.2, -0.15) is 5.10 Å². The maximum atomic E-state index is 12.7. The first kappa shape index (κ1) is 14.1. The van der Waals surface area contributed by atoms with Crippen LogP contribution >= 0.6 is 0 Å². The Balaban J connectivity index is 1.79. The van der Waals surface area contributed by atoms with Gasteiger partial charge in [0, 0.05) is 32.8 Å². The molecule has 114 valence electrons. The molecule has 0 aliphatic carbocycles. The second-order valence-corrected chi connectivity index (χ2v) is 5.44. The van der Waals surface area contributed by atoms with Crippen molar-refractivity contribution in [3.05, 3.63) is 12.4 Å². The number of carbonyl (C=O) groups excluding carboxylic acids is 2. The molecule has 2 saturated heterocycles. The van der Waals surface area contributed by atoms with E-state index in [1.165, 1.54) is 0 Å². The van der Waals surface area contributed by atoms with Crippen molar-refractivity contribution in [1.29, 1.82) is 0 Å². The molecule has 21 heavy (non-hydrogen) atoms. The fraction of sp³-hybridized carbons (Fsp3) is 0.643. The van der Waals surface area contributed by atoms with E-state index in [2.05, 4.69) is 5.10 Å². The van der Waals surface area contributed by atoms with Gasteiger partial charge in [0.05, 0.1) is 25.0 Å². The first-order chi connectivity index (χ1) is 10.2. The third kappa shape index (κ3) is 2.65. The van der Waals surface area contributed by atoms with Gasteiger partial charge in [-0.1, -0.05) is 0 Å². The topological polar surface area (TPSA) is 67.7 Å². The maximum Gasteiger partial charge on any atom is 0.249 e. The van der Waals surface area contributed by atoms with Gasteiger partial charge >= 0.3 is 0 Å². The van der Waals surface area contributed by atoms with Crippen LogP contribution in [0.1, 0.15) is 19.3 Å². The molecule has 7 nitrogen and oxygen atoms in total. The third-order valence-electron chi connectivity index (χ3n) is 4.13. The van der Waals surface area contributed by atoms with Gasteiger partial charge in [0.1, 0.15) is 6.04 Å². The van der Waals surface area contributed by atoms with Crippen molar-refractivity contribution < 1.29 is 14.3 Å². The summed E-state index contributed by atoms with van der Waals surface area (Å²) in [6.45, 7) is 2.35. The molecular weight excluding hydrogens is 272 g/mol. The molecule has 3 heterocycles. The Morgan fingerprint density at radius 1 is 1.38 bits per heavy atom. The molecule has 2 amide bonds. The molecule has 0 spiro atoms. The quantitative estimate of drug-likeness (QED) is 0.798. The van der Waals surface area contributed by atoms with Crippen LogP contribution < -0.4 is 4.90 Å². The number of amides is 2. The lowest BCUT2D eigenvalue weighted by Crippen LogP contribution is -2.43. The fourth-order valence-corrected chi connectivity index (χ4v) is 3.02. The SMILES string of the molecule is COCCn1cc(N2CCC(=O)N3CCCC3C2=O)cn1. The van der Waals surface area contributed by atoms with E-state index in [0.717, 1.165) is 18.5 Å². The van der Waals surface area contributed by atoms with Gasteiger partial charge in [-0.25, -0.2) is 0 Å². The van der Waals surface area contributed by atoms with Crippen LogP contribution in [0.25, 0.3) is 0 Å². The summed E-state index contributed by atoms with van der Waals surface area (Å²) in [6.07, 6.45) is 5.57. The number of rotatable bonds is 4. The van der Waals surface area contributed by atoms with E-state index in [9.17, 15) is 9.59 Å². The molecule has 0 aromatic carbocycles. The number of nitrogens with zero attached hydrogens (tertiary/aromatic N) is 4. The van der Waals surface area contributed by atoms with Crippen molar-refractivity contribution in [3.63, 3.8) is 0 Å². The fourth-order valence-electron chi connectivity index (χ4n) is 3.02. The highest BCUT2D eigenvalue weighted by Gasteiger charge is 2.39. The third-order valence-corrected chi connectivity index (χ3v) is 4.13. The van der Waals surface area contributed by atoms with Crippen LogP contribution in [0.15, 0.2) is 12.4 Å². The molecule has 7 heteroatoms. The molecule has 2 fully saturated rings. The standard InChI is InChI=1S/C14H20N4O3/c1-21-8-7-16-10-11(9-15-16)17-6-4-13(19)18-5-2-3-12(18)14(17)20/h9-10,12H,2-8H2,1H3. The zero-order chi connectivity index (χ0) is 14.8. The van der Waals surface area contributed by atoms with Crippen molar-refractivity contribution >= 4 is 17.5 Å².